The van der Waals surface area contributed by atoms with E-state index in [0.29, 0.717) is 27.7 Å². The fourth-order valence-corrected chi connectivity index (χ4v) is 4.41. The molecule has 0 saturated heterocycles. The van der Waals surface area contributed by atoms with E-state index in [4.69, 9.17) is 9.47 Å². The van der Waals surface area contributed by atoms with Gasteiger partial charge in [0.2, 0.25) is 0 Å². The summed E-state index contributed by atoms with van der Waals surface area (Å²) in [7, 11) is -1.82. The van der Waals surface area contributed by atoms with E-state index in [0.717, 1.165) is 16.6 Å². The van der Waals surface area contributed by atoms with Crippen LogP contribution in [-0.2, 0) is 16.4 Å². The Hall–Kier alpha value is -3.50. The summed E-state index contributed by atoms with van der Waals surface area (Å²) in [4.78, 5) is 21.5. The summed E-state index contributed by atoms with van der Waals surface area (Å²) < 4.78 is 35.4. The monoisotopic (exact) mass is 469 g/mol. The molecule has 2 aromatic heterocycles. The number of anilines is 1. The van der Waals surface area contributed by atoms with Crippen molar-refractivity contribution < 1.29 is 22.7 Å². The van der Waals surface area contributed by atoms with Gasteiger partial charge in [0.05, 0.1) is 27.9 Å². The Morgan fingerprint density at radius 2 is 1.94 bits per heavy atom. The number of aromatic nitrogens is 2. The van der Waals surface area contributed by atoms with Gasteiger partial charge in [-0.05, 0) is 48.5 Å². The Morgan fingerprint density at radius 3 is 2.66 bits per heavy atom. The van der Waals surface area contributed by atoms with Crippen LogP contribution in [0, 0.1) is 0 Å². The molecule has 0 aliphatic rings. The fourth-order valence-electron chi connectivity index (χ4n) is 2.93. The van der Waals surface area contributed by atoms with Gasteiger partial charge in [0.1, 0.15) is 6.61 Å². The van der Waals surface area contributed by atoms with E-state index in [1.54, 1.807) is 30.5 Å². The minimum Gasteiger partial charge on any atom is -0.493 e. The lowest BCUT2D eigenvalue weighted by Gasteiger charge is -2.12. The van der Waals surface area contributed by atoms with Crippen LogP contribution in [0.1, 0.15) is 16.1 Å². The Bertz CT molecular complexity index is 1390. The first-order chi connectivity index (χ1) is 15.3. The second kappa shape index (κ2) is 8.93. The van der Waals surface area contributed by atoms with Crippen molar-refractivity contribution in [2.24, 2.45) is 0 Å². The van der Waals surface area contributed by atoms with Crippen LogP contribution in [0.3, 0.4) is 0 Å². The molecule has 1 N–H and O–H groups in total. The maximum atomic E-state index is 12.8. The van der Waals surface area contributed by atoms with Crippen molar-refractivity contribution in [3.63, 3.8) is 0 Å². The molecule has 0 aliphatic heterocycles. The number of sulfone groups is 1. The van der Waals surface area contributed by atoms with Crippen molar-refractivity contribution in [3.05, 3.63) is 72.1 Å². The Kier molecular flexibility index (Phi) is 6.06. The number of thiazole rings is 1. The molecule has 2 heterocycles. The molecule has 0 unspecified atom stereocenters. The molecule has 0 aliphatic carbocycles. The third-order valence-electron chi connectivity index (χ3n) is 4.54. The van der Waals surface area contributed by atoms with Gasteiger partial charge >= 0.3 is 0 Å². The molecule has 0 radical (unpaired) electrons. The molecule has 0 saturated carbocycles. The molecule has 2 aromatic carbocycles. The zero-order valence-electron chi connectivity index (χ0n) is 17.2. The first-order valence-electron chi connectivity index (χ1n) is 9.46. The number of carbonyl (C=O) groups is 1. The van der Waals surface area contributed by atoms with Gasteiger partial charge in [0.15, 0.2) is 26.5 Å². The normalized spacial score (nSPS) is 11.3. The number of pyridine rings is 1. The van der Waals surface area contributed by atoms with Crippen LogP contribution in [0.15, 0.2) is 65.7 Å². The summed E-state index contributed by atoms with van der Waals surface area (Å²) in [5, 5.41) is 3.12. The SMILES string of the molecule is COc1ccc(C(=O)Nc2nc3cc(S(C)(=O)=O)ccc3s2)cc1OCc1ccccn1. The fraction of sp³-hybridized carbons (Fsp3) is 0.136. The molecule has 164 valence electrons. The summed E-state index contributed by atoms with van der Waals surface area (Å²) in [6.07, 6.45) is 2.82. The molecule has 0 atom stereocenters. The standard InChI is InChI=1S/C22H19N3O5S2/c1-29-18-8-6-14(11-19(18)30-13-15-5-3-4-10-23-15)21(26)25-22-24-17-12-16(32(2,27)28)7-9-20(17)31-22/h3-12H,13H2,1-2H3,(H,24,25,26). The number of methoxy groups -OCH3 is 1. The van der Waals surface area contributed by atoms with Crippen molar-refractivity contribution in [2.45, 2.75) is 11.5 Å². The van der Waals surface area contributed by atoms with Crippen molar-refractivity contribution in [2.75, 3.05) is 18.7 Å². The van der Waals surface area contributed by atoms with Crippen LogP contribution in [0.2, 0.25) is 0 Å². The summed E-state index contributed by atoms with van der Waals surface area (Å²) >= 11 is 1.26. The number of amides is 1. The number of carbonyl (C=O) groups excluding carboxylic acids is 1. The lowest BCUT2D eigenvalue weighted by atomic mass is 10.2. The number of ether oxygens (including phenoxy) is 2. The second-order valence-electron chi connectivity index (χ2n) is 6.85. The third-order valence-corrected chi connectivity index (χ3v) is 6.60. The van der Waals surface area contributed by atoms with E-state index in [2.05, 4.69) is 15.3 Å². The van der Waals surface area contributed by atoms with Gasteiger partial charge in [-0.25, -0.2) is 13.4 Å². The van der Waals surface area contributed by atoms with Gasteiger partial charge in [-0.15, -0.1) is 0 Å². The molecule has 0 spiro atoms. The van der Waals surface area contributed by atoms with E-state index in [9.17, 15) is 13.2 Å². The van der Waals surface area contributed by atoms with Gasteiger partial charge in [0, 0.05) is 18.0 Å². The van der Waals surface area contributed by atoms with E-state index in [1.165, 1.54) is 30.6 Å². The van der Waals surface area contributed by atoms with Crippen LogP contribution in [0.4, 0.5) is 5.13 Å². The zero-order chi connectivity index (χ0) is 22.7. The lowest BCUT2D eigenvalue weighted by molar-refractivity contribution is 0.102. The Balaban J connectivity index is 1.54. The average Bonchev–Trinajstić information content (AvgIpc) is 3.19. The number of benzene rings is 2. The van der Waals surface area contributed by atoms with Crippen LogP contribution in [0.5, 0.6) is 11.5 Å². The molecule has 0 fully saturated rings. The Labute approximate surface area is 188 Å². The molecule has 32 heavy (non-hydrogen) atoms. The van der Waals surface area contributed by atoms with Crippen molar-refractivity contribution in [1.29, 1.82) is 0 Å². The summed E-state index contributed by atoms with van der Waals surface area (Å²) in [5.41, 5.74) is 1.60. The van der Waals surface area contributed by atoms with Crippen LogP contribution in [0.25, 0.3) is 10.2 Å². The van der Waals surface area contributed by atoms with E-state index >= 15 is 0 Å². The van der Waals surface area contributed by atoms with Gasteiger partial charge < -0.3 is 9.47 Å². The van der Waals surface area contributed by atoms with Crippen LogP contribution < -0.4 is 14.8 Å². The highest BCUT2D eigenvalue weighted by molar-refractivity contribution is 7.90. The topological polar surface area (TPSA) is 107 Å². The molecule has 0 bridgehead atoms. The predicted molar refractivity (Wildman–Crippen MR) is 122 cm³/mol. The van der Waals surface area contributed by atoms with Gasteiger partial charge in [-0.1, -0.05) is 17.4 Å². The number of hydrogen-bond acceptors (Lipinski definition) is 8. The highest BCUT2D eigenvalue weighted by Crippen LogP contribution is 2.31. The van der Waals surface area contributed by atoms with Gasteiger partial charge in [-0.2, -0.15) is 0 Å². The number of hydrogen-bond donors (Lipinski definition) is 1. The van der Waals surface area contributed by atoms with Crippen LogP contribution >= 0.6 is 11.3 Å². The summed E-state index contributed by atoms with van der Waals surface area (Å²) in [6, 6.07) is 15.1. The minimum absolute atomic E-state index is 0.179. The average molecular weight is 470 g/mol. The highest BCUT2D eigenvalue weighted by Gasteiger charge is 2.15. The number of nitrogens with one attached hydrogen (secondary N) is 1. The minimum atomic E-state index is -3.34. The number of rotatable bonds is 7. The van der Waals surface area contributed by atoms with Crippen LogP contribution in [-0.4, -0.2) is 37.7 Å². The van der Waals surface area contributed by atoms with E-state index in [-0.39, 0.29) is 17.4 Å². The number of fused-ring (bicyclic) bond motifs is 1. The van der Waals surface area contributed by atoms with E-state index in [1.807, 2.05) is 18.2 Å². The molecule has 4 rings (SSSR count). The maximum Gasteiger partial charge on any atom is 0.257 e. The third kappa shape index (κ3) is 4.87. The first kappa shape index (κ1) is 21.7. The number of nitrogens with zero attached hydrogens (tertiary/aromatic N) is 2. The second-order valence-corrected chi connectivity index (χ2v) is 9.90. The molecular formula is C22H19N3O5S2. The van der Waals surface area contributed by atoms with Gasteiger partial charge in [-0.3, -0.25) is 15.1 Å². The zero-order valence-corrected chi connectivity index (χ0v) is 18.9. The summed E-state index contributed by atoms with van der Waals surface area (Å²) in [5.74, 6) is 0.524. The Morgan fingerprint density at radius 1 is 1.09 bits per heavy atom. The molecule has 8 nitrogen and oxygen atoms in total. The summed E-state index contributed by atoms with van der Waals surface area (Å²) in [6.45, 7) is 0.225. The molecule has 4 aromatic rings. The predicted octanol–water partition coefficient (Wildman–Crippen LogP) is 3.93. The smallest absolute Gasteiger partial charge is 0.257 e. The molecule has 1 amide bonds. The van der Waals surface area contributed by atoms with Crippen molar-refractivity contribution in [3.8, 4) is 11.5 Å². The van der Waals surface area contributed by atoms with Crippen molar-refractivity contribution >= 4 is 42.4 Å². The van der Waals surface area contributed by atoms with Gasteiger partial charge in [0.25, 0.3) is 5.91 Å². The molecule has 10 heteroatoms. The largest absolute Gasteiger partial charge is 0.493 e. The lowest BCUT2D eigenvalue weighted by Crippen LogP contribution is -2.12. The quantitative estimate of drug-likeness (QED) is 0.437. The first-order valence-corrected chi connectivity index (χ1v) is 12.2. The maximum absolute atomic E-state index is 12.8. The van der Waals surface area contributed by atoms with Crippen molar-refractivity contribution in [1.82, 2.24) is 9.97 Å². The highest BCUT2D eigenvalue weighted by atomic mass is 32.2. The molecular weight excluding hydrogens is 450 g/mol. The van der Waals surface area contributed by atoms with E-state index < -0.39 is 9.84 Å².